The summed E-state index contributed by atoms with van der Waals surface area (Å²) in [6.45, 7) is 0. The molecule has 0 N–H and O–H groups in total. The summed E-state index contributed by atoms with van der Waals surface area (Å²) in [6, 6.07) is 183. The fourth-order valence-corrected chi connectivity index (χ4v) is 21.2. The van der Waals surface area contributed by atoms with Crippen molar-refractivity contribution in [3.8, 4) is 89.3 Å². The molecule has 0 saturated heterocycles. The van der Waals surface area contributed by atoms with Gasteiger partial charge in [0.25, 0.3) is 0 Å². The maximum atomic E-state index is 2.48. The van der Waals surface area contributed by atoms with Crippen LogP contribution in [0.25, 0.3) is 133 Å². The smallest absolute Gasteiger partial charge is 0.0726 e. The maximum absolute atomic E-state index is 2.48. The molecule has 3 aliphatic carbocycles. The molecular weight excluding hydrogens is 1520 g/mol. The Morgan fingerprint density at radius 1 is 0.151 bits per heavy atom. The van der Waals surface area contributed by atoms with Gasteiger partial charge in [-0.2, -0.15) is 0 Å². The second-order valence-electron chi connectivity index (χ2n) is 33.3. The number of fused-ring (bicyclic) bond motifs is 19. The zero-order chi connectivity index (χ0) is 83.2. The largest absolute Gasteiger partial charge is 0.310 e. The van der Waals surface area contributed by atoms with Crippen molar-refractivity contribution in [3.63, 3.8) is 0 Å². The minimum absolute atomic E-state index is 0.426. The van der Waals surface area contributed by atoms with Gasteiger partial charge in [-0.15, -0.1) is 0 Å². The fraction of sp³-hybridized carbons (Fsp3) is 0.0164. The standard InChI is InChI=1S/C61H40N2.C61H42N2/c1-3-15-41(16-4-1)42-27-32-46(33-28-42)62(47-34-29-43(30-35-47)44-31-38-60-54(39-44)53-22-10-14-26-59(53)63(60)45-17-5-2-6-18-45)48-36-37-52-51-21-9-13-25-57(51)61(58(52)40-48)55-23-11-7-19-49(55)50-20-8-12-24-56(50)61;1-5-17-43(18-6-1)44-29-34-50(35-30-44)62(51-36-31-45(32-37-51)46-33-40-60-56(41-46)55-26-14-16-28-59(55)63(60)49-23-11-4-12-24-49)52-38-39-54-53-25-13-15-27-57(53)61(58(54)42-52,47-19-7-2-8-20-47)48-21-9-3-10-22-48/h1-40H;1-42H. The van der Waals surface area contributed by atoms with E-state index in [4.69, 9.17) is 0 Å². The van der Waals surface area contributed by atoms with Gasteiger partial charge in [-0.05, 0) is 256 Å². The molecule has 0 radical (unpaired) electrons. The predicted molar refractivity (Wildman–Crippen MR) is 526 cm³/mol. The summed E-state index contributed by atoms with van der Waals surface area (Å²) in [6.07, 6.45) is 0. The van der Waals surface area contributed by atoms with Crippen LogP contribution in [0.2, 0.25) is 0 Å². The first kappa shape index (κ1) is 73.5. The van der Waals surface area contributed by atoms with Crippen molar-refractivity contribution < 1.29 is 0 Å². The third kappa shape index (κ3) is 11.8. The summed E-state index contributed by atoms with van der Waals surface area (Å²) >= 11 is 0. The molecule has 590 valence electrons. The molecular formula is C122H82N4. The Balaban J connectivity index is 0.000000141. The lowest BCUT2D eigenvalue weighted by Crippen LogP contribution is -2.28. The average molecular weight is 1600 g/mol. The van der Waals surface area contributed by atoms with Crippen LogP contribution in [0.15, 0.2) is 497 Å². The lowest BCUT2D eigenvalue weighted by Gasteiger charge is -2.35. The average Bonchev–Trinajstić information content (AvgIpc) is 1.51. The zero-order valence-corrected chi connectivity index (χ0v) is 69.1. The van der Waals surface area contributed by atoms with E-state index in [1.807, 2.05) is 0 Å². The Bertz CT molecular complexity index is 7400. The summed E-state index contributed by atoms with van der Waals surface area (Å²) in [5.74, 6) is 0. The highest BCUT2D eigenvalue weighted by Gasteiger charge is 2.52. The van der Waals surface area contributed by atoms with Gasteiger partial charge in [-0.3, -0.25) is 0 Å². The van der Waals surface area contributed by atoms with E-state index in [9.17, 15) is 0 Å². The highest BCUT2D eigenvalue weighted by molar-refractivity contribution is 6.12. The Labute approximate surface area is 733 Å². The van der Waals surface area contributed by atoms with Crippen LogP contribution in [-0.4, -0.2) is 9.13 Å². The topological polar surface area (TPSA) is 16.3 Å². The van der Waals surface area contributed by atoms with E-state index in [1.54, 1.807) is 0 Å². The van der Waals surface area contributed by atoms with Gasteiger partial charge in [-0.1, -0.05) is 364 Å². The molecule has 2 aromatic heterocycles. The summed E-state index contributed by atoms with van der Waals surface area (Å²) in [5.41, 5.74) is 40.6. The normalized spacial score (nSPS) is 12.7. The van der Waals surface area contributed by atoms with Crippen LogP contribution in [0, 0.1) is 0 Å². The molecule has 0 aliphatic heterocycles. The van der Waals surface area contributed by atoms with Gasteiger partial charge in [0.2, 0.25) is 0 Å². The van der Waals surface area contributed by atoms with Gasteiger partial charge >= 0.3 is 0 Å². The summed E-state index contributed by atoms with van der Waals surface area (Å²) in [4.78, 5) is 4.85. The lowest BCUT2D eigenvalue weighted by atomic mass is 9.67. The van der Waals surface area contributed by atoms with Crippen molar-refractivity contribution in [2.75, 3.05) is 9.80 Å². The molecule has 0 amide bonds. The molecule has 4 heteroatoms. The Kier molecular flexibility index (Phi) is 17.7. The highest BCUT2D eigenvalue weighted by Crippen LogP contribution is 2.64. The van der Waals surface area contributed by atoms with Crippen LogP contribution in [0.4, 0.5) is 34.1 Å². The Morgan fingerprint density at radius 3 is 0.754 bits per heavy atom. The molecule has 0 unspecified atom stereocenters. The zero-order valence-electron chi connectivity index (χ0n) is 69.1. The molecule has 126 heavy (non-hydrogen) atoms. The molecule has 1 spiro atoms. The van der Waals surface area contributed by atoms with Crippen LogP contribution < -0.4 is 9.80 Å². The van der Waals surface area contributed by atoms with E-state index in [-0.39, 0.29) is 0 Å². The molecule has 25 rings (SSSR count). The molecule has 0 bridgehead atoms. The van der Waals surface area contributed by atoms with Crippen molar-refractivity contribution in [2.45, 2.75) is 10.8 Å². The lowest BCUT2D eigenvalue weighted by molar-refractivity contribution is 0.768. The molecule has 4 nitrogen and oxygen atoms in total. The van der Waals surface area contributed by atoms with Gasteiger partial charge < -0.3 is 18.9 Å². The predicted octanol–water partition coefficient (Wildman–Crippen LogP) is 31.9. The fourth-order valence-electron chi connectivity index (χ4n) is 21.2. The number of hydrogen-bond donors (Lipinski definition) is 0. The van der Waals surface area contributed by atoms with Gasteiger partial charge in [-0.25, -0.2) is 0 Å². The van der Waals surface area contributed by atoms with E-state index < -0.39 is 10.8 Å². The first-order chi connectivity index (χ1) is 62.5. The Hall–Kier alpha value is -16.4. The first-order valence-electron chi connectivity index (χ1n) is 43.6. The highest BCUT2D eigenvalue weighted by atomic mass is 15.1. The molecule has 22 aromatic rings. The molecule has 0 saturated carbocycles. The second kappa shape index (κ2) is 30.3. The first-order valence-corrected chi connectivity index (χ1v) is 43.6. The number of hydrogen-bond acceptors (Lipinski definition) is 2. The summed E-state index contributed by atoms with van der Waals surface area (Å²) in [7, 11) is 0. The third-order valence-corrected chi connectivity index (χ3v) is 26.7. The number of aromatic nitrogens is 2. The van der Waals surface area contributed by atoms with Gasteiger partial charge in [0.1, 0.15) is 0 Å². The quantitative estimate of drug-likeness (QED) is 0.108. The monoisotopic (exact) mass is 1600 g/mol. The van der Waals surface area contributed by atoms with Crippen molar-refractivity contribution in [1.29, 1.82) is 0 Å². The van der Waals surface area contributed by atoms with Crippen molar-refractivity contribution in [2.24, 2.45) is 0 Å². The van der Waals surface area contributed by atoms with Crippen LogP contribution in [-0.2, 0) is 10.8 Å². The second-order valence-corrected chi connectivity index (χ2v) is 33.3. The van der Waals surface area contributed by atoms with Crippen LogP contribution in [0.3, 0.4) is 0 Å². The number of anilines is 6. The maximum Gasteiger partial charge on any atom is 0.0726 e. The van der Waals surface area contributed by atoms with E-state index in [2.05, 4.69) is 516 Å². The molecule has 0 fully saturated rings. The molecule has 3 aliphatic rings. The van der Waals surface area contributed by atoms with Crippen molar-refractivity contribution in [3.05, 3.63) is 542 Å². The number of benzene rings is 20. The number of nitrogens with zero attached hydrogens (tertiary/aromatic N) is 4. The van der Waals surface area contributed by atoms with Gasteiger partial charge in [0, 0.05) is 67.0 Å². The van der Waals surface area contributed by atoms with Crippen LogP contribution >= 0.6 is 0 Å². The van der Waals surface area contributed by atoms with Crippen molar-refractivity contribution in [1.82, 2.24) is 9.13 Å². The van der Waals surface area contributed by atoms with Crippen LogP contribution in [0.1, 0.15) is 44.5 Å². The summed E-state index contributed by atoms with van der Waals surface area (Å²) < 4.78 is 4.75. The number of rotatable bonds is 14. The summed E-state index contributed by atoms with van der Waals surface area (Å²) in [5, 5.41) is 5.00. The number of para-hydroxylation sites is 4. The van der Waals surface area contributed by atoms with E-state index >= 15 is 0 Å². The van der Waals surface area contributed by atoms with Gasteiger partial charge in [0.05, 0.1) is 32.9 Å². The Morgan fingerprint density at radius 2 is 0.397 bits per heavy atom. The molecule has 20 aromatic carbocycles. The van der Waals surface area contributed by atoms with Gasteiger partial charge in [0.15, 0.2) is 0 Å². The SMILES string of the molecule is c1ccc(-c2ccc(N(c3ccc(-c4ccc5c(c4)c4ccccc4n5-c4ccccc4)cc3)c3ccc4c(c3)C(c3ccccc3)(c3ccccc3)c3ccccc3-4)cc2)cc1.c1ccc(-c2ccc(N(c3ccc(-c4ccc5c(c4)c4ccccc4n5-c4ccccc4)cc3)c3ccc4c(c3)C3(c5ccccc5-c5ccccc53)c3ccccc3-4)cc2)cc1. The molecule has 2 heterocycles. The van der Waals surface area contributed by atoms with Crippen molar-refractivity contribution >= 4 is 77.7 Å². The minimum Gasteiger partial charge on any atom is -0.310 e. The van der Waals surface area contributed by atoms with Crippen LogP contribution in [0.5, 0.6) is 0 Å². The van der Waals surface area contributed by atoms with E-state index in [1.165, 1.54) is 172 Å². The van der Waals surface area contributed by atoms with E-state index in [0.717, 1.165) is 39.8 Å². The van der Waals surface area contributed by atoms with E-state index in [0.29, 0.717) is 0 Å². The third-order valence-electron chi connectivity index (χ3n) is 26.7. The molecule has 0 atom stereocenters. The minimum atomic E-state index is -0.501.